The Morgan fingerprint density at radius 1 is 1.11 bits per heavy atom. The van der Waals surface area contributed by atoms with E-state index < -0.39 is 18.7 Å². The normalized spacial score (nSPS) is 16.4. The van der Waals surface area contributed by atoms with Crippen LogP contribution in [0.5, 0.6) is 0 Å². The van der Waals surface area contributed by atoms with Gasteiger partial charge in [0.1, 0.15) is 6.61 Å². The van der Waals surface area contributed by atoms with E-state index in [4.69, 9.17) is 0 Å². The fourth-order valence-electron chi connectivity index (χ4n) is 1.43. The number of rotatable bonds is 9. The van der Waals surface area contributed by atoms with Gasteiger partial charge in [-0.25, -0.2) is 0 Å². The molecule has 0 fully saturated rings. The Bertz CT molecular complexity index is 245. The third-order valence-corrected chi connectivity index (χ3v) is 2.98. The second kappa shape index (κ2) is 7.99. The molecule has 0 saturated carbocycles. The summed E-state index contributed by atoms with van der Waals surface area (Å²) in [5.74, 6) is -4.65. The van der Waals surface area contributed by atoms with E-state index in [-0.39, 0.29) is 18.6 Å². The van der Waals surface area contributed by atoms with Crippen LogP contribution < -0.4 is 5.32 Å². The average Bonchev–Trinajstić information content (AvgIpc) is 2.31. The molecule has 0 aromatic carbocycles. The van der Waals surface area contributed by atoms with Crippen molar-refractivity contribution in [2.75, 3.05) is 19.8 Å². The highest BCUT2D eigenvalue weighted by Crippen LogP contribution is 2.35. The summed E-state index contributed by atoms with van der Waals surface area (Å²) in [5.41, 5.74) is 0. The number of ether oxygens (including phenoxy) is 1. The molecule has 7 heteroatoms. The minimum atomic E-state index is -5.56. The Hall–Kier alpha value is -0.430. The maximum absolute atomic E-state index is 12.6. The van der Waals surface area contributed by atoms with Gasteiger partial charge in [-0.2, -0.15) is 22.0 Å². The molecule has 0 aromatic rings. The Labute approximate surface area is 110 Å². The van der Waals surface area contributed by atoms with Crippen molar-refractivity contribution in [1.29, 1.82) is 0 Å². The maximum Gasteiger partial charge on any atom is 0.455 e. The Balaban J connectivity index is 4.25. The van der Waals surface area contributed by atoms with Crippen LogP contribution in [0.4, 0.5) is 22.0 Å². The molecular weight excluding hydrogens is 269 g/mol. The van der Waals surface area contributed by atoms with Crippen LogP contribution in [-0.2, 0) is 4.74 Å². The molecule has 19 heavy (non-hydrogen) atoms. The van der Waals surface area contributed by atoms with E-state index in [1.165, 1.54) is 0 Å². The van der Waals surface area contributed by atoms with E-state index in [9.17, 15) is 22.0 Å². The van der Waals surface area contributed by atoms with Gasteiger partial charge in [0.05, 0.1) is 6.61 Å². The van der Waals surface area contributed by atoms with Gasteiger partial charge in [-0.3, -0.25) is 0 Å². The predicted octanol–water partition coefficient (Wildman–Crippen LogP) is 3.61. The van der Waals surface area contributed by atoms with E-state index in [0.29, 0.717) is 6.54 Å². The van der Waals surface area contributed by atoms with Crippen molar-refractivity contribution in [3.8, 4) is 0 Å². The quantitative estimate of drug-likeness (QED) is 0.655. The molecule has 0 aliphatic heterocycles. The Kier molecular flexibility index (Phi) is 7.81. The summed E-state index contributed by atoms with van der Waals surface area (Å²) in [4.78, 5) is 0. The van der Waals surface area contributed by atoms with Crippen LogP contribution in [0.2, 0.25) is 0 Å². The molecule has 0 heterocycles. The second-order valence-electron chi connectivity index (χ2n) is 4.66. The first-order valence-corrected chi connectivity index (χ1v) is 6.41. The zero-order valence-corrected chi connectivity index (χ0v) is 11.5. The maximum atomic E-state index is 12.6. The van der Waals surface area contributed by atoms with Gasteiger partial charge in [0.25, 0.3) is 0 Å². The smallest absolute Gasteiger partial charge is 0.373 e. The van der Waals surface area contributed by atoms with Crippen molar-refractivity contribution in [3.05, 3.63) is 0 Å². The lowest BCUT2D eigenvalue weighted by Gasteiger charge is -2.26. The molecule has 0 spiro atoms. The summed E-state index contributed by atoms with van der Waals surface area (Å²) in [6.45, 7) is 4.67. The first kappa shape index (κ1) is 18.6. The predicted molar refractivity (Wildman–Crippen MR) is 63.4 cm³/mol. The van der Waals surface area contributed by atoms with Crippen LogP contribution in [-0.4, -0.2) is 37.9 Å². The lowest BCUT2D eigenvalue weighted by atomic mass is 10.00. The summed E-state index contributed by atoms with van der Waals surface area (Å²) in [6.07, 6.45) is -3.91. The molecule has 0 saturated heterocycles. The number of hydrogen-bond donors (Lipinski definition) is 1. The van der Waals surface area contributed by atoms with Crippen LogP contribution in [0.1, 0.15) is 33.6 Å². The summed E-state index contributed by atoms with van der Waals surface area (Å²) >= 11 is 0. The molecule has 0 radical (unpaired) electrons. The SMILES string of the molecule is CCCNC(COCC(F)(F)C(F)(F)F)C(C)CC. The van der Waals surface area contributed by atoms with E-state index >= 15 is 0 Å². The monoisotopic (exact) mass is 291 g/mol. The zero-order chi connectivity index (χ0) is 15.1. The molecule has 1 N–H and O–H groups in total. The largest absolute Gasteiger partial charge is 0.455 e. The van der Waals surface area contributed by atoms with Gasteiger partial charge >= 0.3 is 12.1 Å². The van der Waals surface area contributed by atoms with E-state index in [2.05, 4.69) is 10.1 Å². The molecule has 2 nitrogen and oxygen atoms in total. The number of alkyl halides is 5. The van der Waals surface area contributed by atoms with Gasteiger partial charge < -0.3 is 10.1 Å². The van der Waals surface area contributed by atoms with Crippen LogP contribution in [0.15, 0.2) is 0 Å². The van der Waals surface area contributed by atoms with Crippen LogP contribution in [0.25, 0.3) is 0 Å². The third kappa shape index (κ3) is 6.51. The van der Waals surface area contributed by atoms with Gasteiger partial charge in [0.15, 0.2) is 0 Å². The molecule has 0 bridgehead atoms. The highest BCUT2D eigenvalue weighted by molar-refractivity contribution is 4.77. The van der Waals surface area contributed by atoms with E-state index in [0.717, 1.165) is 12.8 Å². The highest BCUT2D eigenvalue weighted by Gasteiger charge is 2.57. The molecule has 2 unspecified atom stereocenters. The molecule has 0 rings (SSSR count). The number of nitrogens with one attached hydrogen (secondary N) is 1. The summed E-state index contributed by atoms with van der Waals surface area (Å²) in [5, 5.41) is 3.09. The summed E-state index contributed by atoms with van der Waals surface area (Å²) in [7, 11) is 0. The van der Waals surface area contributed by atoms with Crippen molar-refractivity contribution in [2.45, 2.75) is 51.8 Å². The van der Waals surface area contributed by atoms with Crippen LogP contribution in [0.3, 0.4) is 0 Å². The van der Waals surface area contributed by atoms with Crippen molar-refractivity contribution in [3.63, 3.8) is 0 Å². The fourth-order valence-corrected chi connectivity index (χ4v) is 1.43. The minimum absolute atomic E-state index is 0.144. The molecule has 116 valence electrons. The Morgan fingerprint density at radius 3 is 2.11 bits per heavy atom. The van der Waals surface area contributed by atoms with Gasteiger partial charge in [-0.15, -0.1) is 0 Å². The van der Waals surface area contributed by atoms with Gasteiger partial charge in [-0.05, 0) is 18.9 Å². The fraction of sp³-hybridized carbons (Fsp3) is 1.00. The topological polar surface area (TPSA) is 21.3 Å². The summed E-state index contributed by atoms with van der Waals surface area (Å²) in [6, 6.07) is -0.214. The molecule has 2 atom stereocenters. The third-order valence-electron chi connectivity index (χ3n) is 2.98. The van der Waals surface area contributed by atoms with Crippen molar-refractivity contribution in [1.82, 2.24) is 5.32 Å². The first-order valence-electron chi connectivity index (χ1n) is 6.41. The average molecular weight is 291 g/mol. The molecule has 0 aromatic heterocycles. The van der Waals surface area contributed by atoms with Crippen molar-refractivity contribution >= 4 is 0 Å². The van der Waals surface area contributed by atoms with Gasteiger partial charge in [-0.1, -0.05) is 27.2 Å². The lowest BCUT2D eigenvalue weighted by Crippen LogP contribution is -2.44. The second-order valence-corrected chi connectivity index (χ2v) is 4.66. The minimum Gasteiger partial charge on any atom is -0.373 e. The first-order chi connectivity index (χ1) is 8.65. The molecule has 0 amide bonds. The van der Waals surface area contributed by atoms with Crippen LogP contribution >= 0.6 is 0 Å². The van der Waals surface area contributed by atoms with Crippen molar-refractivity contribution in [2.24, 2.45) is 5.92 Å². The van der Waals surface area contributed by atoms with E-state index in [1.807, 2.05) is 20.8 Å². The van der Waals surface area contributed by atoms with Crippen molar-refractivity contribution < 1.29 is 26.7 Å². The molecule has 0 aliphatic carbocycles. The van der Waals surface area contributed by atoms with Gasteiger partial charge in [0, 0.05) is 6.04 Å². The summed E-state index contributed by atoms with van der Waals surface area (Å²) < 4.78 is 65.7. The van der Waals surface area contributed by atoms with Crippen LogP contribution in [0, 0.1) is 5.92 Å². The lowest BCUT2D eigenvalue weighted by molar-refractivity contribution is -0.297. The van der Waals surface area contributed by atoms with Gasteiger partial charge in [0.2, 0.25) is 0 Å². The standard InChI is InChI=1S/C12H22F5NO/c1-4-6-18-10(9(3)5-2)7-19-8-11(13,14)12(15,16)17/h9-10,18H,4-8H2,1-3H3. The number of halogens is 5. The zero-order valence-electron chi connectivity index (χ0n) is 11.5. The van der Waals surface area contributed by atoms with E-state index in [1.54, 1.807) is 0 Å². The number of hydrogen-bond acceptors (Lipinski definition) is 2. The highest BCUT2D eigenvalue weighted by atomic mass is 19.4. The molecule has 0 aliphatic rings. The molecular formula is C12H22F5NO. The Morgan fingerprint density at radius 2 is 1.68 bits per heavy atom.